The fourth-order valence-corrected chi connectivity index (χ4v) is 3.21. The molecule has 1 aliphatic heterocycles. The van der Waals surface area contributed by atoms with Crippen molar-refractivity contribution in [3.8, 4) is 0 Å². The average Bonchev–Trinajstić information content (AvgIpc) is 2.59. The number of hydrogen-bond acceptors (Lipinski definition) is 6. The van der Waals surface area contributed by atoms with Crippen molar-refractivity contribution >= 4 is 22.8 Å². The molecule has 3 N–H and O–H groups in total. The number of rotatable bonds is 3. The monoisotopic (exact) mass is 368 g/mol. The number of halogens is 3. The van der Waals surface area contributed by atoms with Gasteiger partial charge in [0.1, 0.15) is 5.52 Å². The van der Waals surface area contributed by atoms with Gasteiger partial charge in [0.25, 0.3) is 0 Å². The molecule has 1 unspecified atom stereocenters. The van der Waals surface area contributed by atoms with Gasteiger partial charge in [-0.05, 0) is 18.4 Å². The SMILES string of the molecule is C[C@H]1C[C@@H](NC(=O)C(N)C(F)(F)F)CN(c2ccnc3nccnc23)C1. The summed E-state index contributed by atoms with van der Waals surface area (Å²) >= 11 is 0. The molecule has 2 aromatic rings. The number of nitrogens with zero attached hydrogens (tertiary/aromatic N) is 4. The van der Waals surface area contributed by atoms with Crippen molar-refractivity contribution in [3.63, 3.8) is 0 Å². The van der Waals surface area contributed by atoms with Gasteiger partial charge in [0.05, 0.1) is 5.69 Å². The van der Waals surface area contributed by atoms with E-state index in [1.807, 2.05) is 11.8 Å². The van der Waals surface area contributed by atoms with Gasteiger partial charge < -0.3 is 16.0 Å². The Labute approximate surface area is 147 Å². The van der Waals surface area contributed by atoms with E-state index in [1.165, 1.54) is 0 Å². The van der Waals surface area contributed by atoms with E-state index in [0.717, 1.165) is 5.69 Å². The van der Waals surface area contributed by atoms with Gasteiger partial charge in [-0.15, -0.1) is 0 Å². The number of pyridine rings is 1. The van der Waals surface area contributed by atoms with Crippen LogP contribution in [0.3, 0.4) is 0 Å². The van der Waals surface area contributed by atoms with Gasteiger partial charge in [0, 0.05) is 37.7 Å². The first-order chi connectivity index (χ1) is 12.3. The second-order valence-corrected chi connectivity index (χ2v) is 6.53. The molecule has 7 nitrogen and oxygen atoms in total. The molecule has 1 aliphatic rings. The highest BCUT2D eigenvalue weighted by Crippen LogP contribution is 2.27. The van der Waals surface area contributed by atoms with Gasteiger partial charge in [-0.3, -0.25) is 4.79 Å². The molecular formula is C16H19F3N6O. The van der Waals surface area contributed by atoms with Gasteiger partial charge in [-0.2, -0.15) is 13.2 Å². The summed E-state index contributed by atoms with van der Waals surface area (Å²) in [4.78, 5) is 26.4. The van der Waals surface area contributed by atoms with Crippen LogP contribution in [-0.2, 0) is 4.79 Å². The van der Waals surface area contributed by atoms with E-state index < -0.39 is 24.2 Å². The number of alkyl halides is 3. The zero-order valence-electron chi connectivity index (χ0n) is 14.1. The maximum absolute atomic E-state index is 12.6. The third-order valence-electron chi connectivity index (χ3n) is 4.33. The van der Waals surface area contributed by atoms with Crippen LogP contribution in [0, 0.1) is 5.92 Å². The van der Waals surface area contributed by atoms with Crippen molar-refractivity contribution in [2.75, 3.05) is 18.0 Å². The third kappa shape index (κ3) is 3.85. The third-order valence-corrected chi connectivity index (χ3v) is 4.33. The highest BCUT2D eigenvalue weighted by molar-refractivity contribution is 5.85. The molecule has 0 radical (unpaired) electrons. The number of amides is 1. The zero-order valence-corrected chi connectivity index (χ0v) is 14.1. The minimum absolute atomic E-state index is 0.163. The quantitative estimate of drug-likeness (QED) is 0.846. The van der Waals surface area contributed by atoms with E-state index in [-0.39, 0.29) is 5.92 Å². The summed E-state index contributed by atoms with van der Waals surface area (Å²) in [7, 11) is 0. The van der Waals surface area contributed by atoms with Crippen molar-refractivity contribution in [3.05, 3.63) is 24.7 Å². The van der Waals surface area contributed by atoms with Gasteiger partial charge >= 0.3 is 6.18 Å². The molecule has 1 saturated heterocycles. The first kappa shape index (κ1) is 18.3. The van der Waals surface area contributed by atoms with Gasteiger partial charge in [-0.25, -0.2) is 15.0 Å². The Morgan fingerprint density at radius 3 is 2.69 bits per heavy atom. The van der Waals surface area contributed by atoms with E-state index in [1.54, 1.807) is 24.7 Å². The lowest BCUT2D eigenvalue weighted by Crippen LogP contribution is -2.57. The summed E-state index contributed by atoms with van der Waals surface area (Å²) in [5.41, 5.74) is 6.88. The summed E-state index contributed by atoms with van der Waals surface area (Å²) in [6.45, 7) is 3.02. The highest BCUT2D eigenvalue weighted by Gasteiger charge is 2.43. The van der Waals surface area contributed by atoms with E-state index in [4.69, 9.17) is 5.73 Å². The number of aromatic nitrogens is 3. The van der Waals surface area contributed by atoms with Crippen LogP contribution in [0.1, 0.15) is 13.3 Å². The maximum Gasteiger partial charge on any atom is 0.412 e. The Kier molecular flexibility index (Phi) is 4.94. The van der Waals surface area contributed by atoms with Crippen LogP contribution in [0.25, 0.3) is 11.2 Å². The molecule has 0 aromatic carbocycles. The second kappa shape index (κ2) is 7.02. The maximum atomic E-state index is 12.6. The predicted molar refractivity (Wildman–Crippen MR) is 89.3 cm³/mol. The predicted octanol–water partition coefficient (Wildman–Crippen LogP) is 1.25. The topological polar surface area (TPSA) is 97.0 Å². The number of nitrogens with one attached hydrogen (secondary N) is 1. The number of piperidine rings is 1. The van der Waals surface area contributed by atoms with Crippen LogP contribution in [0.5, 0.6) is 0 Å². The molecule has 3 heterocycles. The summed E-state index contributed by atoms with van der Waals surface area (Å²) in [5.74, 6) is -1.05. The molecule has 1 amide bonds. The molecular weight excluding hydrogens is 349 g/mol. The first-order valence-electron chi connectivity index (χ1n) is 8.19. The van der Waals surface area contributed by atoms with Crippen LogP contribution in [0.4, 0.5) is 18.9 Å². The molecule has 10 heteroatoms. The lowest BCUT2D eigenvalue weighted by Gasteiger charge is -2.38. The average molecular weight is 368 g/mol. The Balaban J connectivity index is 1.79. The van der Waals surface area contributed by atoms with Gasteiger partial charge in [0.15, 0.2) is 11.7 Å². The van der Waals surface area contributed by atoms with Crippen LogP contribution >= 0.6 is 0 Å². The van der Waals surface area contributed by atoms with E-state index in [0.29, 0.717) is 30.7 Å². The first-order valence-corrected chi connectivity index (χ1v) is 8.19. The zero-order chi connectivity index (χ0) is 18.9. The van der Waals surface area contributed by atoms with Gasteiger partial charge in [0.2, 0.25) is 5.91 Å². The fourth-order valence-electron chi connectivity index (χ4n) is 3.21. The Bertz CT molecular complexity index is 794. The smallest absolute Gasteiger partial charge is 0.367 e. The number of carbonyl (C=O) groups excluding carboxylic acids is 1. The minimum Gasteiger partial charge on any atom is -0.367 e. The van der Waals surface area contributed by atoms with Crippen LogP contribution in [0.15, 0.2) is 24.7 Å². The molecule has 2 aromatic heterocycles. The largest absolute Gasteiger partial charge is 0.412 e. The van der Waals surface area contributed by atoms with Gasteiger partial charge in [-0.1, -0.05) is 6.92 Å². The highest BCUT2D eigenvalue weighted by atomic mass is 19.4. The van der Waals surface area contributed by atoms with Crippen molar-refractivity contribution in [1.82, 2.24) is 20.3 Å². The van der Waals surface area contributed by atoms with E-state index in [9.17, 15) is 18.0 Å². The number of fused-ring (bicyclic) bond motifs is 1. The Hall–Kier alpha value is -2.49. The molecule has 0 bridgehead atoms. The number of carbonyl (C=O) groups is 1. The molecule has 0 spiro atoms. The summed E-state index contributed by atoms with van der Waals surface area (Å²) in [6, 6.07) is -1.18. The van der Waals surface area contributed by atoms with Crippen molar-refractivity contribution in [1.29, 1.82) is 0 Å². The molecule has 26 heavy (non-hydrogen) atoms. The van der Waals surface area contributed by atoms with Crippen molar-refractivity contribution in [2.45, 2.75) is 31.6 Å². The van der Waals surface area contributed by atoms with Crippen LogP contribution in [-0.4, -0.2) is 52.2 Å². The molecule has 3 rings (SSSR count). The Morgan fingerprint density at radius 1 is 1.27 bits per heavy atom. The van der Waals surface area contributed by atoms with Crippen molar-refractivity contribution < 1.29 is 18.0 Å². The molecule has 0 aliphatic carbocycles. The summed E-state index contributed by atoms with van der Waals surface area (Å²) < 4.78 is 37.9. The van der Waals surface area contributed by atoms with E-state index >= 15 is 0 Å². The van der Waals surface area contributed by atoms with Crippen molar-refractivity contribution in [2.24, 2.45) is 11.7 Å². The van der Waals surface area contributed by atoms with Crippen LogP contribution in [0.2, 0.25) is 0 Å². The van der Waals surface area contributed by atoms with E-state index in [2.05, 4.69) is 20.3 Å². The van der Waals surface area contributed by atoms with Crippen LogP contribution < -0.4 is 16.0 Å². The normalized spacial score (nSPS) is 22.3. The minimum atomic E-state index is -4.76. The molecule has 140 valence electrons. The lowest BCUT2D eigenvalue weighted by atomic mass is 9.95. The summed E-state index contributed by atoms with van der Waals surface area (Å²) in [6.07, 6.45) is 0.517. The summed E-state index contributed by atoms with van der Waals surface area (Å²) in [5, 5.41) is 2.43. The molecule has 0 saturated carbocycles. The molecule has 3 atom stereocenters. The Morgan fingerprint density at radius 2 is 1.96 bits per heavy atom. The second-order valence-electron chi connectivity index (χ2n) is 6.53. The fraction of sp³-hybridized carbons (Fsp3) is 0.500. The lowest BCUT2D eigenvalue weighted by molar-refractivity contribution is -0.163. The molecule has 1 fully saturated rings. The standard InChI is InChI=1S/C16H19F3N6O/c1-9-6-10(24-15(26)13(20)16(17,18)19)8-25(7-9)11-2-3-22-14-12(11)21-4-5-23-14/h2-5,9-10,13H,6-8,20H2,1H3,(H,24,26)/t9-,10+,13?/m0/s1. The number of hydrogen-bond donors (Lipinski definition) is 2. The number of anilines is 1. The number of nitrogens with two attached hydrogens (primary N) is 1.